The van der Waals surface area contributed by atoms with Crippen LogP contribution in [0.4, 0.5) is 0 Å². The van der Waals surface area contributed by atoms with E-state index in [0.29, 0.717) is 12.5 Å². The van der Waals surface area contributed by atoms with Crippen molar-refractivity contribution >= 4 is 11.6 Å². The quantitative estimate of drug-likeness (QED) is 0.604. The summed E-state index contributed by atoms with van der Waals surface area (Å²) in [7, 11) is 0. The normalized spacial score (nSPS) is 9.70. The van der Waals surface area contributed by atoms with E-state index in [1.807, 2.05) is 43.3 Å². The number of halogens is 1. The van der Waals surface area contributed by atoms with Crippen LogP contribution in [0.25, 0.3) is 0 Å². The molecule has 0 aliphatic rings. The van der Waals surface area contributed by atoms with E-state index in [4.69, 9.17) is 16.3 Å². The molecular formula is C18H17ClO. The molecule has 0 bridgehead atoms. The Morgan fingerprint density at radius 3 is 2.65 bits per heavy atom. The molecule has 0 atom stereocenters. The second kappa shape index (κ2) is 7.62. The van der Waals surface area contributed by atoms with Gasteiger partial charge in [-0.25, -0.2) is 0 Å². The highest BCUT2D eigenvalue weighted by atomic mass is 35.5. The van der Waals surface area contributed by atoms with Crippen molar-refractivity contribution in [2.45, 2.75) is 13.3 Å². The zero-order chi connectivity index (χ0) is 14.2. The average Bonchev–Trinajstić information content (AvgIpc) is 2.48. The van der Waals surface area contributed by atoms with E-state index >= 15 is 0 Å². The van der Waals surface area contributed by atoms with Gasteiger partial charge in [-0.2, -0.15) is 0 Å². The van der Waals surface area contributed by atoms with Crippen LogP contribution in [0.2, 0.25) is 0 Å². The van der Waals surface area contributed by atoms with Gasteiger partial charge in [0.05, 0.1) is 18.1 Å². The molecule has 102 valence electrons. The molecule has 0 fully saturated rings. The summed E-state index contributed by atoms with van der Waals surface area (Å²) in [4.78, 5) is 0. The zero-order valence-electron chi connectivity index (χ0n) is 11.5. The molecule has 0 radical (unpaired) electrons. The molecule has 0 spiro atoms. The number of rotatable bonds is 4. The summed E-state index contributed by atoms with van der Waals surface area (Å²) in [6, 6.07) is 16.3. The molecule has 2 heteroatoms. The maximum Gasteiger partial charge on any atom is 0.134 e. The highest BCUT2D eigenvalue weighted by molar-refractivity contribution is 6.19. The van der Waals surface area contributed by atoms with Crippen LogP contribution in [0.3, 0.4) is 0 Å². The van der Waals surface area contributed by atoms with E-state index in [9.17, 15) is 0 Å². The number of ether oxygens (including phenoxy) is 1. The molecule has 0 N–H and O–H groups in total. The molecule has 1 nitrogen and oxygen atoms in total. The maximum atomic E-state index is 5.85. The smallest absolute Gasteiger partial charge is 0.134 e. The number of hydrogen-bond donors (Lipinski definition) is 0. The number of hydrogen-bond acceptors (Lipinski definition) is 1. The zero-order valence-corrected chi connectivity index (χ0v) is 12.3. The molecule has 0 aliphatic carbocycles. The summed E-state index contributed by atoms with van der Waals surface area (Å²) in [6.07, 6.45) is 0.886. The van der Waals surface area contributed by atoms with Crippen molar-refractivity contribution in [2.24, 2.45) is 0 Å². The van der Waals surface area contributed by atoms with Crippen molar-refractivity contribution in [2.75, 3.05) is 12.5 Å². The van der Waals surface area contributed by atoms with Gasteiger partial charge in [0, 0.05) is 6.42 Å². The molecule has 0 aromatic heterocycles. The summed E-state index contributed by atoms with van der Waals surface area (Å²) in [6.45, 7) is 2.68. The lowest BCUT2D eigenvalue weighted by atomic mass is 10.1. The van der Waals surface area contributed by atoms with Gasteiger partial charge in [0.1, 0.15) is 5.75 Å². The standard InChI is InChI=1S/C18H17ClO/c1-15-9-10-18(17(14-15)8-5-12-19)20-13-11-16-6-3-2-4-7-16/h2-4,6-7,9-10,14H,11-13H2,1H3. The molecule has 0 saturated carbocycles. The SMILES string of the molecule is Cc1ccc(OCCc2ccccc2)c(C#CCCl)c1. The minimum Gasteiger partial charge on any atom is -0.492 e. The third-order valence-corrected chi connectivity index (χ3v) is 3.05. The van der Waals surface area contributed by atoms with Crippen molar-refractivity contribution in [1.82, 2.24) is 0 Å². The van der Waals surface area contributed by atoms with Crippen molar-refractivity contribution in [3.63, 3.8) is 0 Å². The molecule has 0 unspecified atom stereocenters. The van der Waals surface area contributed by atoms with Crippen LogP contribution in [-0.4, -0.2) is 12.5 Å². The Hall–Kier alpha value is -1.91. The van der Waals surface area contributed by atoms with Crippen LogP contribution >= 0.6 is 11.6 Å². The first-order valence-corrected chi connectivity index (χ1v) is 7.15. The summed E-state index contributed by atoms with van der Waals surface area (Å²) >= 11 is 5.61. The van der Waals surface area contributed by atoms with Gasteiger partial charge < -0.3 is 4.74 Å². The minimum absolute atomic E-state index is 0.331. The highest BCUT2D eigenvalue weighted by Gasteiger charge is 2.02. The Morgan fingerprint density at radius 1 is 1.10 bits per heavy atom. The first-order chi connectivity index (χ1) is 9.79. The molecule has 0 amide bonds. The fourth-order valence-corrected chi connectivity index (χ4v) is 1.99. The van der Waals surface area contributed by atoms with Crippen LogP contribution in [0.1, 0.15) is 16.7 Å². The lowest BCUT2D eigenvalue weighted by molar-refractivity contribution is 0.321. The molecule has 2 rings (SSSR count). The minimum atomic E-state index is 0.331. The second-order valence-corrected chi connectivity index (χ2v) is 4.79. The van der Waals surface area contributed by atoms with E-state index in [0.717, 1.165) is 17.7 Å². The van der Waals surface area contributed by atoms with Crippen LogP contribution in [0.5, 0.6) is 5.75 Å². The predicted octanol–water partition coefficient (Wildman–Crippen LogP) is 4.21. The molecule has 2 aromatic rings. The van der Waals surface area contributed by atoms with Gasteiger partial charge in [0.15, 0.2) is 0 Å². The van der Waals surface area contributed by atoms with Crippen molar-refractivity contribution in [3.05, 3.63) is 65.2 Å². The first-order valence-electron chi connectivity index (χ1n) is 6.62. The van der Waals surface area contributed by atoms with Gasteiger partial charge in [-0.05, 0) is 30.2 Å². The van der Waals surface area contributed by atoms with E-state index in [-0.39, 0.29) is 0 Å². The number of aryl methyl sites for hydroxylation is 1. The topological polar surface area (TPSA) is 9.23 Å². The molecule has 0 aliphatic heterocycles. The van der Waals surface area contributed by atoms with E-state index in [2.05, 4.69) is 24.0 Å². The average molecular weight is 285 g/mol. The summed E-state index contributed by atoms with van der Waals surface area (Å²) < 4.78 is 5.85. The van der Waals surface area contributed by atoms with Gasteiger partial charge in [-0.1, -0.05) is 48.2 Å². The maximum absolute atomic E-state index is 5.85. The molecule has 0 saturated heterocycles. The lowest BCUT2D eigenvalue weighted by Crippen LogP contribution is -2.02. The number of benzene rings is 2. The Labute approximate surface area is 125 Å². The van der Waals surface area contributed by atoms with Crippen molar-refractivity contribution < 1.29 is 4.74 Å². The van der Waals surface area contributed by atoms with Crippen LogP contribution in [0.15, 0.2) is 48.5 Å². The molecule has 0 heterocycles. The van der Waals surface area contributed by atoms with E-state index in [1.54, 1.807) is 0 Å². The third kappa shape index (κ3) is 4.33. The highest BCUT2D eigenvalue weighted by Crippen LogP contribution is 2.19. The Morgan fingerprint density at radius 2 is 1.90 bits per heavy atom. The van der Waals surface area contributed by atoms with Gasteiger partial charge in [-0.15, -0.1) is 11.6 Å². The largest absolute Gasteiger partial charge is 0.492 e. The van der Waals surface area contributed by atoms with Crippen molar-refractivity contribution in [1.29, 1.82) is 0 Å². The molecule has 2 aromatic carbocycles. The summed E-state index contributed by atoms with van der Waals surface area (Å²) in [5, 5.41) is 0. The van der Waals surface area contributed by atoms with E-state index in [1.165, 1.54) is 11.1 Å². The van der Waals surface area contributed by atoms with Gasteiger partial charge in [-0.3, -0.25) is 0 Å². The Balaban J connectivity index is 2.02. The lowest BCUT2D eigenvalue weighted by Gasteiger charge is -2.09. The van der Waals surface area contributed by atoms with Gasteiger partial charge in [0.25, 0.3) is 0 Å². The molecule has 20 heavy (non-hydrogen) atoms. The number of alkyl halides is 1. The van der Waals surface area contributed by atoms with Gasteiger partial charge in [0.2, 0.25) is 0 Å². The van der Waals surface area contributed by atoms with Crippen molar-refractivity contribution in [3.8, 4) is 17.6 Å². The van der Waals surface area contributed by atoms with Gasteiger partial charge >= 0.3 is 0 Å². The van der Waals surface area contributed by atoms with Crippen LogP contribution in [-0.2, 0) is 6.42 Å². The Kier molecular flexibility index (Phi) is 5.53. The van der Waals surface area contributed by atoms with Crippen LogP contribution < -0.4 is 4.74 Å². The molecular weight excluding hydrogens is 268 g/mol. The third-order valence-electron chi connectivity index (χ3n) is 2.92. The predicted molar refractivity (Wildman–Crippen MR) is 84.4 cm³/mol. The first kappa shape index (κ1) is 14.5. The Bertz CT molecular complexity index is 608. The monoisotopic (exact) mass is 284 g/mol. The summed E-state index contributed by atoms with van der Waals surface area (Å²) in [5.74, 6) is 7.08. The fourth-order valence-electron chi connectivity index (χ4n) is 1.92. The van der Waals surface area contributed by atoms with E-state index < -0.39 is 0 Å². The summed E-state index contributed by atoms with van der Waals surface area (Å²) in [5.41, 5.74) is 3.34. The van der Waals surface area contributed by atoms with Crippen LogP contribution in [0, 0.1) is 18.8 Å². The second-order valence-electron chi connectivity index (χ2n) is 4.52. The fraction of sp³-hybridized carbons (Fsp3) is 0.222.